The van der Waals surface area contributed by atoms with Crippen molar-refractivity contribution in [3.63, 3.8) is 0 Å². The first-order valence-corrected chi connectivity index (χ1v) is 15.1. The summed E-state index contributed by atoms with van der Waals surface area (Å²) in [7, 11) is 0. The highest BCUT2D eigenvalue weighted by Gasteiger charge is 2.49. The number of nitro groups is 1. The van der Waals surface area contributed by atoms with Crippen LogP contribution in [0.1, 0.15) is 38.5 Å². The van der Waals surface area contributed by atoms with E-state index < -0.39 is 0 Å². The standard InChI is InChI=1S/C17H23N3O2.C17H13N3/c21-20(22)13-9-7-12(8-10-13)19-16-6-2-1-4-14(16)15-5-3-11-18-17(15)19;18-12-7-9-13(10-8-12)20-16-6-2-1-4-14(16)15-5-3-11-19-17(15)20/h7-10,14-18H,1-6,11H2;1-11H,18H2. The third-order valence-electron chi connectivity index (χ3n) is 9.41. The maximum atomic E-state index is 10.9. The van der Waals surface area contributed by atoms with Crippen LogP contribution in [0.25, 0.3) is 27.6 Å². The Morgan fingerprint density at radius 1 is 0.810 bits per heavy atom. The zero-order valence-corrected chi connectivity index (χ0v) is 23.6. The maximum Gasteiger partial charge on any atom is 0.269 e. The fourth-order valence-electron chi connectivity index (χ4n) is 7.62. The van der Waals surface area contributed by atoms with Crippen LogP contribution in [-0.4, -0.2) is 33.2 Å². The van der Waals surface area contributed by atoms with Crippen LogP contribution in [0.5, 0.6) is 0 Å². The van der Waals surface area contributed by atoms with E-state index in [2.05, 4.69) is 50.1 Å². The first kappa shape index (κ1) is 26.5. The number of para-hydroxylation sites is 1. The number of nitrogens with two attached hydrogens (primary N) is 1. The first-order valence-electron chi connectivity index (χ1n) is 15.1. The Morgan fingerprint density at radius 2 is 1.52 bits per heavy atom. The van der Waals surface area contributed by atoms with Crippen LogP contribution >= 0.6 is 0 Å². The maximum absolute atomic E-state index is 10.9. The Hall–Kier alpha value is -4.43. The van der Waals surface area contributed by atoms with E-state index in [9.17, 15) is 10.1 Å². The molecule has 5 aromatic rings. The Kier molecular flexibility index (Phi) is 6.99. The number of anilines is 2. The highest BCUT2D eigenvalue weighted by atomic mass is 16.6. The molecule has 4 heterocycles. The van der Waals surface area contributed by atoms with Crippen molar-refractivity contribution in [1.29, 1.82) is 0 Å². The topological polar surface area (TPSA) is 102 Å². The van der Waals surface area contributed by atoms with Crippen LogP contribution < -0.4 is 16.0 Å². The van der Waals surface area contributed by atoms with Crippen molar-refractivity contribution in [2.75, 3.05) is 17.2 Å². The Labute approximate surface area is 245 Å². The molecule has 1 aliphatic carbocycles. The smallest absolute Gasteiger partial charge is 0.269 e. The number of nitrogens with one attached hydrogen (secondary N) is 1. The molecule has 3 aromatic carbocycles. The van der Waals surface area contributed by atoms with Gasteiger partial charge in [-0.15, -0.1) is 0 Å². The summed E-state index contributed by atoms with van der Waals surface area (Å²) in [6.45, 7) is 1.09. The Bertz CT molecular complexity index is 1640. The molecule has 3 N–H and O–H groups in total. The number of hydrogen-bond acceptors (Lipinski definition) is 6. The average molecular weight is 561 g/mol. The summed E-state index contributed by atoms with van der Waals surface area (Å²) < 4.78 is 2.17. The van der Waals surface area contributed by atoms with E-state index in [0.717, 1.165) is 46.6 Å². The van der Waals surface area contributed by atoms with Gasteiger partial charge in [0, 0.05) is 52.2 Å². The van der Waals surface area contributed by atoms with Crippen molar-refractivity contribution in [3.05, 3.63) is 101 Å². The summed E-state index contributed by atoms with van der Waals surface area (Å²) >= 11 is 0. The largest absolute Gasteiger partial charge is 0.399 e. The third kappa shape index (κ3) is 4.65. The molecular formula is C34H36N6O2. The molecule has 4 atom stereocenters. The molecule has 2 aromatic heterocycles. The number of non-ortho nitro benzene ring substituents is 1. The van der Waals surface area contributed by atoms with Gasteiger partial charge in [0.2, 0.25) is 0 Å². The van der Waals surface area contributed by atoms with E-state index in [4.69, 9.17) is 5.73 Å². The Balaban J connectivity index is 0.000000138. The normalized spacial score (nSPS) is 23.2. The van der Waals surface area contributed by atoms with Crippen LogP contribution in [0.4, 0.5) is 17.1 Å². The average Bonchev–Trinajstić information content (AvgIpc) is 3.55. The lowest BCUT2D eigenvalue weighted by Crippen LogP contribution is -2.49. The lowest BCUT2D eigenvalue weighted by molar-refractivity contribution is -0.384. The van der Waals surface area contributed by atoms with Gasteiger partial charge < -0.3 is 10.6 Å². The van der Waals surface area contributed by atoms with Crippen molar-refractivity contribution in [3.8, 4) is 5.69 Å². The second-order valence-corrected chi connectivity index (χ2v) is 11.7. The molecule has 0 amide bonds. The van der Waals surface area contributed by atoms with Gasteiger partial charge in [-0.3, -0.25) is 20.0 Å². The number of nitrogens with zero attached hydrogens (tertiary/aromatic N) is 4. The quantitative estimate of drug-likeness (QED) is 0.139. The molecule has 8 nitrogen and oxygen atoms in total. The molecule has 3 fully saturated rings. The number of nitro benzene ring substituents is 1. The van der Waals surface area contributed by atoms with Crippen LogP contribution in [-0.2, 0) is 0 Å². The summed E-state index contributed by atoms with van der Waals surface area (Å²) in [4.78, 5) is 17.6. The summed E-state index contributed by atoms with van der Waals surface area (Å²) in [6, 6.07) is 28.1. The summed E-state index contributed by atoms with van der Waals surface area (Å²) in [6.07, 6.45) is 10.1. The van der Waals surface area contributed by atoms with Crippen molar-refractivity contribution in [2.45, 2.75) is 50.7 Å². The highest BCUT2D eigenvalue weighted by molar-refractivity contribution is 6.07. The molecule has 42 heavy (non-hydrogen) atoms. The zero-order chi connectivity index (χ0) is 28.6. The van der Waals surface area contributed by atoms with E-state index in [-0.39, 0.29) is 10.6 Å². The van der Waals surface area contributed by atoms with Crippen LogP contribution in [0.2, 0.25) is 0 Å². The van der Waals surface area contributed by atoms with Gasteiger partial charge >= 0.3 is 0 Å². The van der Waals surface area contributed by atoms with Gasteiger partial charge in [-0.1, -0.05) is 31.0 Å². The van der Waals surface area contributed by atoms with Crippen LogP contribution in [0.3, 0.4) is 0 Å². The fourth-order valence-corrected chi connectivity index (χ4v) is 7.62. The summed E-state index contributed by atoms with van der Waals surface area (Å²) in [5, 5.41) is 17.0. The van der Waals surface area contributed by atoms with Gasteiger partial charge in [0.05, 0.1) is 16.6 Å². The first-order chi connectivity index (χ1) is 20.6. The van der Waals surface area contributed by atoms with Gasteiger partial charge in [-0.25, -0.2) is 4.98 Å². The zero-order valence-electron chi connectivity index (χ0n) is 23.6. The summed E-state index contributed by atoms with van der Waals surface area (Å²) in [5.41, 5.74) is 11.1. The van der Waals surface area contributed by atoms with Crippen molar-refractivity contribution in [1.82, 2.24) is 14.9 Å². The van der Waals surface area contributed by atoms with E-state index in [0.29, 0.717) is 12.2 Å². The minimum absolute atomic E-state index is 0.177. The van der Waals surface area contributed by atoms with Crippen molar-refractivity contribution >= 4 is 39.0 Å². The van der Waals surface area contributed by atoms with Crippen LogP contribution in [0.15, 0.2) is 91.1 Å². The number of aromatic nitrogens is 2. The fraction of sp³-hybridized carbons (Fsp3) is 0.324. The second-order valence-electron chi connectivity index (χ2n) is 11.7. The molecule has 0 spiro atoms. The van der Waals surface area contributed by atoms with Crippen molar-refractivity contribution < 1.29 is 4.92 Å². The second kappa shape index (κ2) is 11.1. The van der Waals surface area contributed by atoms with E-state index in [1.165, 1.54) is 49.3 Å². The number of piperidine rings is 1. The lowest BCUT2D eigenvalue weighted by Gasteiger charge is -2.36. The molecule has 8 rings (SSSR count). The molecule has 4 unspecified atom stereocenters. The van der Waals surface area contributed by atoms with Gasteiger partial charge in [-0.2, -0.15) is 0 Å². The number of rotatable bonds is 3. The van der Waals surface area contributed by atoms with E-state index in [1.54, 1.807) is 12.1 Å². The van der Waals surface area contributed by atoms with Gasteiger partial charge in [0.1, 0.15) is 5.65 Å². The summed E-state index contributed by atoms with van der Waals surface area (Å²) in [5.74, 6) is 1.54. The minimum Gasteiger partial charge on any atom is -0.399 e. The third-order valence-corrected chi connectivity index (χ3v) is 9.41. The molecule has 2 saturated heterocycles. The van der Waals surface area contributed by atoms with Gasteiger partial charge in [0.25, 0.3) is 5.69 Å². The highest BCUT2D eigenvalue weighted by Crippen LogP contribution is 2.47. The molecule has 8 heteroatoms. The molecule has 2 aliphatic heterocycles. The van der Waals surface area contributed by atoms with Crippen LogP contribution in [0, 0.1) is 22.0 Å². The predicted molar refractivity (Wildman–Crippen MR) is 169 cm³/mol. The monoisotopic (exact) mass is 560 g/mol. The molecule has 214 valence electrons. The molecule has 0 bridgehead atoms. The SMILES string of the molecule is Nc1ccc(-n2c3ccccc3c3cccnc32)cc1.O=[N+]([O-])c1ccc(N2C3CCCCC3C3CCCNC32)cc1. The Morgan fingerprint density at radius 3 is 2.33 bits per heavy atom. The lowest BCUT2D eigenvalue weighted by atomic mass is 9.77. The number of benzene rings is 3. The number of pyridine rings is 1. The number of nitrogen functional groups attached to an aromatic ring is 1. The van der Waals surface area contributed by atoms with Gasteiger partial charge in [0.15, 0.2) is 0 Å². The molecule has 1 saturated carbocycles. The minimum atomic E-state index is -0.321. The van der Waals surface area contributed by atoms with Crippen molar-refractivity contribution in [2.24, 2.45) is 11.8 Å². The molecule has 3 aliphatic rings. The van der Waals surface area contributed by atoms with E-state index in [1.807, 2.05) is 48.7 Å². The molecular weight excluding hydrogens is 524 g/mol. The van der Waals surface area contributed by atoms with E-state index >= 15 is 0 Å². The predicted octanol–water partition coefficient (Wildman–Crippen LogP) is 7.06. The van der Waals surface area contributed by atoms with Gasteiger partial charge in [-0.05, 0) is 98.7 Å². The number of fused-ring (bicyclic) bond motifs is 6. The number of hydrogen-bond donors (Lipinski definition) is 2. The molecule has 0 radical (unpaired) electrons.